The van der Waals surface area contributed by atoms with E-state index in [9.17, 15) is 14.4 Å². The molecule has 1 amide bonds. The summed E-state index contributed by atoms with van der Waals surface area (Å²) in [5.74, 6) is -0.249. The van der Waals surface area contributed by atoms with Crippen molar-refractivity contribution in [2.75, 3.05) is 18.4 Å². The average molecular weight is 312 g/mol. The van der Waals surface area contributed by atoms with Crippen molar-refractivity contribution in [3.05, 3.63) is 29.8 Å². The zero-order chi connectivity index (χ0) is 16.5. The first-order chi connectivity index (χ1) is 10.4. The highest BCUT2D eigenvalue weighted by molar-refractivity contribution is 5.81. The lowest BCUT2D eigenvalue weighted by molar-refractivity contribution is -0.123. The van der Waals surface area contributed by atoms with Gasteiger partial charge in [-0.3, -0.25) is 4.79 Å². The first-order valence-electron chi connectivity index (χ1n) is 7.34. The molecule has 1 aromatic carbocycles. The number of amides is 1. The van der Waals surface area contributed by atoms with Crippen LogP contribution in [0, 0.1) is 5.92 Å². The Labute approximate surface area is 130 Å². The predicted octanol–water partition coefficient (Wildman–Crippen LogP) is 0.533. The Hall–Kier alpha value is -1.70. The number of rotatable bonds is 9. The van der Waals surface area contributed by atoms with Gasteiger partial charge in [-0.15, -0.1) is 4.48 Å². The minimum absolute atomic E-state index is 0.0384. The standard InChI is InChI=1S/C15H25FN4O2/c1-10(2)14(17)15(22)18-9-13(21)20-12-5-3-11(4-6-12)7-8-19-16/h3-6,10,13-14,19-21H,7-9,17H2,1-2H3,(H,18,22). The molecule has 0 aliphatic rings. The Morgan fingerprint density at radius 2 is 1.95 bits per heavy atom. The molecule has 22 heavy (non-hydrogen) atoms. The van der Waals surface area contributed by atoms with Gasteiger partial charge >= 0.3 is 0 Å². The summed E-state index contributed by atoms with van der Waals surface area (Å²) in [6.45, 7) is 4.04. The Balaban J connectivity index is 2.38. The Morgan fingerprint density at radius 1 is 1.32 bits per heavy atom. The Kier molecular flexibility index (Phi) is 7.79. The fraction of sp³-hybridized carbons (Fsp3) is 0.533. The lowest BCUT2D eigenvalue weighted by atomic mass is 10.1. The highest BCUT2D eigenvalue weighted by Gasteiger charge is 2.17. The Morgan fingerprint density at radius 3 is 2.50 bits per heavy atom. The van der Waals surface area contributed by atoms with Gasteiger partial charge < -0.3 is 21.5 Å². The molecule has 7 heteroatoms. The van der Waals surface area contributed by atoms with Crippen LogP contribution in [0.3, 0.4) is 0 Å². The van der Waals surface area contributed by atoms with Crippen LogP contribution in [0.25, 0.3) is 0 Å². The summed E-state index contributed by atoms with van der Waals surface area (Å²) in [6.07, 6.45) is -0.329. The number of nitrogens with one attached hydrogen (secondary N) is 3. The number of aliphatic hydroxyl groups excluding tert-OH is 1. The van der Waals surface area contributed by atoms with Gasteiger partial charge in [0.25, 0.3) is 0 Å². The molecule has 6 N–H and O–H groups in total. The monoisotopic (exact) mass is 312 g/mol. The topological polar surface area (TPSA) is 99.4 Å². The molecule has 124 valence electrons. The van der Waals surface area contributed by atoms with E-state index >= 15 is 0 Å². The highest BCUT2D eigenvalue weighted by atomic mass is 19.2. The van der Waals surface area contributed by atoms with Crippen molar-refractivity contribution in [2.24, 2.45) is 11.7 Å². The van der Waals surface area contributed by atoms with Crippen LogP contribution in [0.15, 0.2) is 24.3 Å². The number of anilines is 1. The normalized spacial score (nSPS) is 13.7. The van der Waals surface area contributed by atoms with E-state index in [-0.39, 0.29) is 24.9 Å². The maximum Gasteiger partial charge on any atom is 0.237 e. The van der Waals surface area contributed by atoms with Crippen LogP contribution in [-0.4, -0.2) is 36.4 Å². The second-order valence-corrected chi connectivity index (χ2v) is 5.51. The molecule has 0 radical (unpaired) electrons. The van der Waals surface area contributed by atoms with Gasteiger partial charge in [-0.25, -0.2) is 0 Å². The van der Waals surface area contributed by atoms with Crippen molar-refractivity contribution in [1.29, 1.82) is 0 Å². The maximum absolute atomic E-state index is 11.8. The average Bonchev–Trinajstić information content (AvgIpc) is 2.51. The first-order valence-corrected chi connectivity index (χ1v) is 7.34. The summed E-state index contributed by atoms with van der Waals surface area (Å²) in [6, 6.07) is 6.69. The van der Waals surface area contributed by atoms with Crippen molar-refractivity contribution in [2.45, 2.75) is 32.5 Å². The molecule has 0 saturated heterocycles. The number of hydrogen-bond donors (Lipinski definition) is 5. The van der Waals surface area contributed by atoms with Crippen LogP contribution in [0.4, 0.5) is 10.2 Å². The van der Waals surface area contributed by atoms with E-state index in [1.807, 2.05) is 26.0 Å². The van der Waals surface area contributed by atoms with Gasteiger partial charge in [0.15, 0.2) is 0 Å². The molecule has 2 atom stereocenters. The third kappa shape index (κ3) is 6.38. The maximum atomic E-state index is 11.8. The van der Waals surface area contributed by atoms with Crippen LogP contribution in [0.1, 0.15) is 19.4 Å². The molecule has 6 nitrogen and oxygen atoms in total. The van der Waals surface area contributed by atoms with Gasteiger partial charge in [0.1, 0.15) is 6.23 Å². The SMILES string of the molecule is CC(C)C(N)C(=O)NCC(O)Nc1ccc(CCNF)cc1. The molecule has 1 rings (SSSR count). The van der Waals surface area contributed by atoms with Crippen molar-refractivity contribution in [3.63, 3.8) is 0 Å². The zero-order valence-electron chi connectivity index (χ0n) is 13.0. The van der Waals surface area contributed by atoms with Crippen molar-refractivity contribution in [3.8, 4) is 0 Å². The molecule has 1 aromatic rings. The van der Waals surface area contributed by atoms with Crippen LogP contribution >= 0.6 is 0 Å². The Bertz CT molecular complexity index is 453. The van der Waals surface area contributed by atoms with E-state index < -0.39 is 12.3 Å². The zero-order valence-corrected chi connectivity index (χ0v) is 13.0. The number of halogens is 1. The molecular formula is C15H25FN4O2. The fourth-order valence-electron chi connectivity index (χ4n) is 1.82. The second kappa shape index (κ2) is 9.34. The molecule has 0 saturated carbocycles. The molecule has 0 fully saturated rings. The van der Waals surface area contributed by atoms with Crippen LogP contribution < -0.4 is 21.9 Å². The van der Waals surface area contributed by atoms with Crippen LogP contribution in [-0.2, 0) is 11.2 Å². The van der Waals surface area contributed by atoms with Gasteiger partial charge in [-0.05, 0) is 30.0 Å². The quantitative estimate of drug-likeness (QED) is 0.338. The molecule has 0 bridgehead atoms. The predicted molar refractivity (Wildman–Crippen MR) is 84.7 cm³/mol. The van der Waals surface area contributed by atoms with E-state index in [0.717, 1.165) is 5.56 Å². The number of nitrogens with two attached hydrogens (primary N) is 1. The third-order valence-corrected chi connectivity index (χ3v) is 3.29. The minimum Gasteiger partial charge on any atom is -0.372 e. The van der Waals surface area contributed by atoms with E-state index in [1.54, 1.807) is 17.7 Å². The van der Waals surface area contributed by atoms with E-state index in [0.29, 0.717) is 12.1 Å². The summed E-state index contributed by atoms with van der Waals surface area (Å²) < 4.78 is 11.8. The van der Waals surface area contributed by atoms with Crippen molar-refractivity contribution >= 4 is 11.6 Å². The second-order valence-electron chi connectivity index (χ2n) is 5.51. The highest BCUT2D eigenvalue weighted by Crippen LogP contribution is 2.10. The number of aliphatic hydroxyl groups is 1. The van der Waals surface area contributed by atoms with Gasteiger partial charge in [-0.2, -0.15) is 5.54 Å². The summed E-state index contributed by atoms with van der Waals surface area (Å²) in [4.78, 5) is 11.7. The van der Waals surface area contributed by atoms with Crippen molar-refractivity contribution < 1.29 is 14.4 Å². The first kappa shape index (κ1) is 18.3. The number of carbonyl (C=O) groups excluding carboxylic acids is 1. The molecule has 0 aromatic heterocycles. The minimum atomic E-state index is -0.915. The smallest absolute Gasteiger partial charge is 0.237 e. The summed E-state index contributed by atoms with van der Waals surface area (Å²) in [5, 5.41) is 15.3. The molecule has 0 aliphatic heterocycles. The number of benzene rings is 1. The molecule has 0 spiro atoms. The van der Waals surface area contributed by atoms with Crippen molar-refractivity contribution in [1.82, 2.24) is 10.9 Å². The van der Waals surface area contributed by atoms with Gasteiger partial charge in [-0.1, -0.05) is 26.0 Å². The lowest BCUT2D eigenvalue weighted by Crippen LogP contribution is -2.47. The molecular weight excluding hydrogens is 287 g/mol. The largest absolute Gasteiger partial charge is 0.372 e. The van der Waals surface area contributed by atoms with E-state index in [4.69, 9.17) is 5.73 Å². The summed E-state index contributed by atoms with van der Waals surface area (Å²) >= 11 is 0. The molecule has 2 unspecified atom stereocenters. The van der Waals surface area contributed by atoms with Gasteiger partial charge in [0.05, 0.1) is 12.6 Å². The van der Waals surface area contributed by atoms with Crippen LogP contribution in [0.2, 0.25) is 0 Å². The molecule has 0 heterocycles. The summed E-state index contributed by atoms with van der Waals surface area (Å²) in [5.41, 5.74) is 9.01. The third-order valence-electron chi connectivity index (χ3n) is 3.29. The molecule has 0 aliphatic carbocycles. The van der Waals surface area contributed by atoms with E-state index in [2.05, 4.69) is 10.6 Å². The van der Waals surface area contributed by atoms with Gasteiger partial charge in [0.2, 0.25) is 5.91 Å². The summed E-state index contributed by atoms with van der Waals surface area (Å²) in [7, 11) is 0. The van der Waals surface area contributed by atoms with Crippen LogP contribution in [0.5, 0.6) is 0 Å². The fourth-order valence-corrected chi connectivity index (χ4v) is 1.82. The number of carbonyl (C=O) groups is 1. The lowest BCUT2D eigenvalue weighted by Gasteiger charge is -2.19. The number of hydrogen-bond acceptors (Lipinski definition) is 5. The van der Waals surface area contributed by atoms with E-state index in [1.165, 1.54) is 0 Å². The van der Waals surface area contributed by atoms with Gasteiger partial charge in [0, 0.05) is 12.2 Å².